The Bertz CT molecular complexity index is 1080. The number of benzene rings is 2. The maximum absolute atomic E-state index is 12.2. The van der Waals surface area contributed by atoms with Crippen LogP contribution in [0.25, 0.3) is 22.4 Å². The molecule has 0 aliphatic rings. The molecule has 0 spiro atoms. The molecule has 6 nitrogen and oxygen atoms in total. The van der Waals surface area contributed by atoms with Gasteiger partial charge in [0.2, 0.25) is 5.89 Å². The number of carbonyl (C=O) groups excluding carboxylic acids is 1. The van der Waals surface area contributed by atoms with E-state index in [0.29, 0.717) is 22.1 Å². The van der Waals surface area contributed by atoms with Crippen molar-refractivity contribution in [2.24, 2.45) is 0 Å². The van der Waals surface area contributed by atoms with Gasteiger partial charge in [-0.3, -0.25) is 0 Å². The first-order chi connectivity index (χ1) is 12.7. The number of pyridine rings is 1. The lowest BCUT2D eigenvalue weighted by molar-refractivity contribution is 0.0439. The number of halogens is 1. The second-order valence-electron chi connectivity index (χ2n) is 5.48. The minimum Gasteiger partial charge on any atom is -0.452 e. The Morgan fingerprint density at radius 3 is 2.73 bits per heavy atom. The molecular formula is C19H12ClN3O3. The lowest BCUT2D eigenvalue weighted by Gasteiger charge is -2.04. The Labute approximate surface area is 153 Å². The third kappa shape index (κ3) is 3.41. The highest BCUT2D eigenvalue weighted by Crippen LogP contribution is 2.19. The first kappa shape index (κ1) is 16.2. The van der Waals surface area contributed by atoms with Crippen LogP contribution in [0.4, 0.5) is 0 Å². The van der Waals surface area contributed by atoms with Crippen molar-refractivity contribution < 1.29 is 13.9 Å². The average molecular weight is 366 g/mol. The van der Waals surface area contributed by atoms with Crippen LogP contribution in [0.15, 0.2) is 65.1 Å². The third-order valence-corrected chi connectivity index (χ3v) is 3.92. The van der Waals surface area contributed by atoms with Gasteiger partial charge in [0.05, 0.1) is 11.1 Å². The molecule has 26 heavy (non-hydrogen) atoms. The summed E-state index contributed by atoms with van der Waals surface area (Å²) in [6.45, 7) is -0.102. The predicted octanol–water partition coefficient (Wildman–Crippen LogP) is 4.30. The van der Waals surface area contributed by atoms with Crippen molar-refractivity contribution in [1.82, 2.24) is 15.2 Å². The van der Waals surface area contributed by atoms with Crippen molar-refractivity contribution in [1.29, 1.82) is 0 Å². The molecule has 7 heteroatoms. The molecular weight excluding hydrogens is 354 g/mol. The molecule has 2 aromatic carbocycles. The molecule has 4 aromatic rings. The van der Waals surface area contributed by atoms with Gasteiger partial charge in [-0.05, 0) is 42.5 Å². The summed E-state index contributed by atoms with van der Waals surface area (Å²) in [5, 5.41) is 9.06. The molecule has 0 bridgehead atoms. The molecule has 2 heterocycles. The van der Waals surface area contributed by atoms with Gasteiger partial charge in [-0.25, -0.2) is 9.78 Å². The predicted molar refractivity (Wildman–Crippen MR) is 95.6 cm³/mol. The number of carbonyl (C=O) groups is 1. The monoisotopic (exact) mass is 365 g/mol. The number of hydrogen-bond donors (Lipinski definition) is 0. The van der Waals surface area contributed by atoms with E-state index in [9.17, 15) is 4.79 Å². The molecule has 0 aliphatic carbocycles. The van der Waals surface area contributed by atoms with Crippen LogP contribution in [-0.4, -0.2) is 21.2 Å². The largest absolute Gasteiger partial charge is 0.452 e. The summed E-state index contributed by atoms with van der Waals surface area (Å²) < 4.78 is 10.8. The van der Waals surface area contributed by atoms with E-state index in [1.165, 1.54) is 0 Å². The van der Waals surface area contributed by atoms with Crippen LogP contribution in [0.5, 0.6) is 0 Å². The molecule has 0 radical (unpaired) electrons. The number of nitrogens with zero attached hydrogens (tertiary/aromatic N) is 3. The SMILES string of the molecule is O=C(OCc1nnc(-c2ccccc2)o1)c1ccc2nc(Cl)ccc2c1. The van der Waals surface area contributed by atoms with Crippen molar-refractivity contribution >= 4 is 28.5 Å². The molecule has 2 aromatic heterocycles. The molecule has 0 fully saturated rings. The Morgan fingerprint density at radius 1 is 1.04 bits per heavy atom. The summed E-state index contributed by atoms with van der Waals surface area (Å²) in [4.78, 5) is 16.4. The zero-order valence-corrected chi connectivity index (χ0v) is 14.2. The zero-order chi connectivity index (χ0) is 17.9. The molecule has 128 valence electrons. The van der Waals surface area contributed by atoms with E-state index in [1.807, 2.05) is 30.3 Å². The van der Waals surface area contributed by atoms with Crippen LogP contribution < -0.4 is 0 Å². The maximum Gasteiger partial charge on any atom is 0.338 e. The third-order valence-electron chi connectivity index (χ3n) is 3.71. The van der Waals surface area contributed by atoms with E-state index in [2.05, 4.69) is 15.2 Å². The van der Waals surface area contributed by atoms with E-state index < -0.39 is 5.97 Å². The molecule has 0 N–H and O–H groups in total. The van der Waals surface area contributed by atoms with Gasteiger partial charge in [0, 0.05) is 10.9 Å². The van der Waals surface area contributed by atoms with Crippen LogP contribution in [0.3, 0.4) is 0 Å². The average Bonchev–Trinajstić information content (AvgIpc) is 3.15. The summed E-state index contributed by atoms with van der Waals surface area (Å²) in [7, 11) is 0. The number of esters is 1. The zero-order valence-electron chi connectivity index (χ0n) is 13.4. The fourth-order valence-electron chi connectivity index (χ4n) is 2.45. The van der Waals surface area contributed by atoms with Crippen molar-refractivity contribution in [3.63, 3.8) is 0 Å². The standard InChI is InChI=1S/C19H12ClN3O3/c20-16-9-7-13-10-14(6-8-15(13)21-16)19(24)25-11-17-22-23-18(26-17)12-4-2-1-3-5-12/h1-10H,11H2. The topological polar surface area (TPSA) is 78.1 Å². The summed E-state index contributed by atoms with van der Waals surface area (Å²) in [6.07, 6.45) is 0. The first-order valence-corrected chi connectivity index (χ1v) is 8.18. The molecule has 0 unspecified atom stereocenters. The highest BCUT2D eigenvalue weighted by Gasteiger charge is 2.13. The quantitative estimate of drug-likeness (QED) is 0.396. The van der Waals surface area contributed by atoms with Crippen molar-refractivity contribution in [3.05, 3.63) is 77.3 Å². The lowest BCUT2D eigenvalue weighted by atomic mass is 10.1. The summed E-state index contributed by atoms with van der Waals surface area (Å²) in [6, 6.07) is 17.9. The number of fused-ring (bicyclic) bond motifs is 1. The number of aromatic nitrogens is 3. The summed E-state index contributed by atoms with van der Waals surface area (Å²) in [5.41, 5.74) is 1.92. The highest BCUT2D eigenvalue weighted by atomic mass is 35.5. The highest BCUT2D eigenvalue weighted by molar-refractivity contribution is 6.29. The second kappa shape index (κ2) is 6.93. The van der Waals surface area contributed by atoms with Crippen LogP contribution in [0.1, 0.15) is 16.2 Å². The van der Waals surface area contributed by atoms with Gasteiger partial charge in [0.15, 0.2) is 6.61 Å². The van der Waals surface area contributed by atoms with Gasteiger partial charge in [-0.2, -0.15) is 0 Å². The van der Waals surface area contributed by atoms with E-state index in [0.717, 1.165) is 10.9 Å². The Balaban J connectivity index is 1.46. The lowest BCUT2D eigenvalue weighted by Crippen LogP contribution is -2.05. The van der Waals surface area contributed by atoms with Gasteiger partial charge < -0.3 is 9.15 Å². The van der Waals surface area contributed by atoms with Gasteiger partial charge in [0.1, 0.15) is 5.15 Å². The van der Waals surface area contributed by atoms with E-state index in [4.69, 9.17) is 20.8 Å². The molecule has 4 rings (SSSR count). The van der Waals surface area contributed by atoms with E-state index in [1.54, 1.807) is 30.3 Å². The van der Waals surface area contributed by atoms with Crippen LogP contribution in [0.2, 0.25) is 5.15 Å². The van der Waals surface area contributed by atoms with Gasteiger partial charge in [-0.15, -0.1) is 10.2 Å². The fourth-order valence-corrected chi connectivity index (χ4v) is 2.60. The van der Waals surface area contributed by atoms with E-state index >= 15 is 0 Å². The molecule has 0 saturated heterocycles. The molecule has 0 amide bonds. The van der Waals surface area contributed by atoms with Gasteiger partial charge >= 0.3 is 5.97 Å². The normalized spacial score (nSPS) is 10.8. The van der Waals surface area contributed by atoms with Crippen molar-refractivity contribution in [2.45, 2.75) is 6.61 Å². The number of ether oxygens (including phenoxy) is 1. The van der Waals surface area contributed by atoms with Crippen LogP contribution in [-0.2, 0) is 11.3 Å². The van der Waals surface area contributed by atoms with Crippen LogP contribution >= 0.6 is 11.6 Å². The minimum atomic E-state index is -0.485. The van der Waals surface area contributed by atoms with Gasteiger partial charge in [0.25, 0.3) is 5.89 Å². The fraction of sp³-hybridized carbons (Fsp3) is 0.0526. The Kier molecular flexibility index (Phi) is 4.33. The van der Waals surface area contributed by atoms with Crippen LogP contribution in [0, 0.1) is 0 Å². The van der Waals surface area contributed by atoms with Crippen molar-refractivity contribution in [3.8, 4) is 11.5 Å². The second-order valence-corrected chi connectivity index (χ2v) is 5.87. The number of hydrogen-bond acceptors (Lipinski definition) is 6. The summed E-state index contributed by atoms with van der Waals surface area (Å²) >= 11 is 5.86. The summed E-state index contributed by atoms with van der Waals surface area (Å²) in [5.74, 6) is 0.123. The molecule has 0 saturated carbocycles. The molecule has 0 aliphatic heterocycles. The van der Waals surface area contributed by atoms with Gasteiger partial charge in [-0.1, -0.05) is 29.8 Å². The molecule has 0 atom stereocenters. The van der Waals surface area contributed by atoms with Crippen molar-refractivity contribution in [2.75, 3.05) is 0 Å². The first-order valence-electron chi connectivity index (χ1n) is 7.80. The Hall–Kier alpha value is -3.25. The minimum absolute atomic E-state index is 0.102. The maximum atomic E-state index is 12.2. The van der Waals surface area contributed by atoms with E-state index in [-0.39, 0.29) is 12.5 Å². The Morgan fingerprint density at radius 2 is 1.88 bits per heavy atom. The number of rotatable bonds is 4. The smallest absolute Gasteiger partial charge is 0.338 e.